The molecule has 0 amide bonds. The van der Waals surface area contributed by atoms with Gasteiger partial charge in [0.2, 0.25) is 0 Å². The largest absolute Gasteiger partial charge is 0.370 e. The van der Waals surface area contributed by atoms with Crippen molar-refractivity contribution >= 4 is 0 Å². The maximum Gasteiger partial charge on any atom is 0.191 e. The van der Waals surface area contributed by atoms with Crippen molar-refractivity contribution in [3.05, 3.63) is 120 Å². The summed E-state index contributed by atoms with van der Waals surface area (Å²) >= 11 is 0. The van der Waals surface area contributed by atoms with Gasteiger partial charge >= 0.3 is 0 Å². The Morgan fingerprint density at radius 3 is 1.72 bits per heavy atom. The number of benzene rings is 3. The van der Waals surface area contributed by atoms with Gasteiger partial charge in [-0.1, -0.05) is 91.0 Å². The summed E-state index contributed by atoms with van der Waals surface area (Å²) in [7, 11) is 0. The molecule has 144 valence electrons. The zero-order valence-electron chi connectivity index (χ0n) is 15.7. The van der Waals surface area contributed by atoms with Crippen LogP contribution in [0.3, 0.4) is 0 Å². The number of nitrogens with zero attached hydrogens (tertiary/aromatic N) is 5. The van der Waals surface area contributed by atoms with Crippen LogP contribution in [0, 0.1) is 0 Å². The fourth-order valence-corrected chi connectivity index (χ4v) is 3.58. The lowest BCUT2D eigenvalue weighted by molar-refractivity contribution is 0.103. The summed E-state index contributed by atoms with van der Waals surface area (Å²) in [6.07, 6.45) is 1.71. The summed E-state index contributed by atoms with van der Waals surface area (Å²) in [5.74, 6) is 5.46. The second kappa shape index (κ2) is 8.35. The molecule has 0 saturated carbocycles. The first-order valence-electron chi connectivity index (χ1n) is 9.15. The number of aromatic nitrogens is 3. The summed E-state index contributed by atoms with van der Waals surface area (Å²) in [6.45, 7) is 0.0716. The molecule has 0 atom stereocenters. The monoisotopic (exact) mass is 384 g/mol. The van der Waals surface area contributed by atoms with Crippen LogP contribution in [0.5, 0.6) is 0 Å². The molecule has 0 fully saturated rings. The van der Waals surface area contributed by atoms with Crippen molar-refractivity contribution in [2.45, 2.75) is 12.1 Å². The zero-order chi connectivity index (χ0) is 19.9. The predicted octanol–water partition coefficient (Wildman–Crippen LogP) is 3.88. The fraction of sp³-hybridized carbons (Fsp3) is 0.0909. The lowest BCUT2D eigenvalue weighted by Gasteiger charge is -2.35. The summed E-state index contributed by atoms with van der Waals surface area (Å²) in [5.41, 5.74) is 2.49. The molecular weight excluding hydrogens is 364 g/mol. The second-order valence-electron chi connectivity index (χ2n) is 6.38. The lowest BCUT2D eigenvalue weighted by Crippen LogP contribution is -2.38. The third-order valence-electron chi connectivity index (χ3n) is 4.76. The molecule has 0 aliphatic carbocycles. The Bertz CT molecular complexity index is 968. The lowest BCUT2D eigenvalue weighted by atomic mass is 9.77. The van der Waals surface area contributed by atoms with Crippen LogP contribution in [0.1, 0.15) is 22.5 Å². The fourth-order valence-electron chi connectivity index (χ4n) is 3.58. The maximum atomic E-state index is 5.01. The number of hydrogen-bond acceptors (Lipinski definition) is 5. The Morgan fingerprint density at radius 2 is 1.28 bits per heavy atom. The zero-order valence-corrected chi connectivity index (χ0v) is 15.7. The van der Waals surface area contributed by atoms with Crippen molar-refractivity contribution in [1.29, 1.82) is 0 Å². The number of hydrogen-bond donors (Lipinski definition) is 1. The molecule has 0 spiro atoms. The van der Waals surface area contributed by atoms with Crippen LogP contribution in [0.15, 0.2) is 108 Å². The van der Waals surface area contributed by atoms with Gasteiger partial charge in [-0.05, 0) is 21.9 Å². The standard InChI is InChI=1S/C22H20N6O/c23-26-27-29-16-21-24-17-28(25-21)22(18-10-4-1-5-11-18,19-12-6-2-7-13-19)20-14-8-3-9-15-20/h1-15,17H,16H2,(H2,23,27). The number of rotatable bonds is 7. The maximum absolute atomic E-state index is 5.01. The van der Waals surface area contributed by atoms with E-state index in [-0.39, 0.29) is 6.61 Å². The Morgan fingerprint density at radius 1 is 0.793 bits per heavy atom. The Labute approximate surface area is 168 Å². The first-order valence-corrected chi connectivity index (χ1v) is 9.15. The molecule has 0 radical (unpaired) electrons. The molecule has 4 aromatic rings. The highest BCUT2D eigenvalue weighted by molar-refractivity contribution is 5.50. The van der Waals surface area contributed by atoms with Gasteiger partial charge in [0.1, 0.15) is 11.9 Å². The van der Waals surface area contributed by atoms with Crippen LogP contribution in [0.25, 0.3) is 0 Å². The van der Waals surface area contributed by atoms with Gasteiger partial charge in [0.25, 0.3) is 0 Å². The highest BCUT2D eigenvalue weighted by atomic mass is 16.6. The van der Waals surface area contributed by atoms with E-state index in [1.807, 2.05) is 59.3 Å². The molecule has 0 bridgehead atoms. The normalized spacial score (nSPS) is 11.6. The van der Waals surface area contributed by atoms with E-state index in [1.54, 1.807) is 6.33 Å². The Balaban J connectivity index is 1.96. The third-order valence-corrected chi connectivity index (χ3v) is 4.76. The van der Waals surface area contributed by atoms with Gasteiger partial charge < -0.3 is 10.7 Å². The molecule has 0 aliphatic rings. The van der Waals surface area contributed by atoms with E-state index in [4.69, 9.17) is 15.8 Å². The molecule has 0 saturated heterocycles. The van der Waals surface area contributed by atoms with Crippen molar-refractivity contribution in [2.75, 3.05) is 0 Å². The molecule has 4 rings (SSSR count). The average molecular weight is 384 g/mol. The van der Waals surface area contributed by atoms with Crippen LogP contribution >= 0.6 is 0 Å². The Kier molecular flexibility index (Phi) is 5.29. The van der Waals surface area contributed by atoms with E-state index in [2.05, 4.69) is 51.9 Å². The number of nitrogens with two attached hydrogens (primary N) is 1. The van der Waals surface area contributed by atoms with Crippen LogP contribution in [-0.4, -0.2) is 14.8 Å². The van der Waals surface area contributed by atoms with Gasteiger partial charge in [0, 0.05) is 5.28 Å². The summed E-state index contributed by atoms with van der Waals surface area (Å²) in [6, 6.07) is 30.8. The van der Waals surface area contributed by atoms with Crippen LogP contribution in [0.2, 0.25) is 0 Å². The van der Waals surface area contributed by atoms with Crippen molar-refractivity contribution in [3.8, 4) is 0 Å². The molecule has 1 heterocycles. The van der Waals surface area contributed by atoms with Gasteiger partial charge in [-0.3, -0.25) is 0 Å². The van der Waals surface area contributed by atoms with Crippen LogP contribution in [0.4, 0.5) is 0 Å². The van der Waals surface area contributed by atoms with E-state index in [9.17, 15) is 0 Å². The average Bonchev–Trinajstić information content (AvgIpc) is 3.26. The van der Waals surface area contributed by atoms with Gasteiger partial charge in [0.05, 0.1) is 0 Å². The molecule has 29 heavy (non-hydrogen) atoms. The van der Waals surface area contributed by atoms with Crippen molar-refractivity contribution < 1.29 is 4.84 Å². The second-order valence-corrected chi connectivity index (χ2v) is 6.38. The topological polar surface area (TPSA) is 90.7 Å². The van der Waals surface area contributed by atoms with E-state index in [0.717, 1.165) is 16.7 Å². The smallest absolute Gasteiger partial charge is 0.191 e. The molecule has 7 nitrogen and oxygen atoms in total. The van der Waals surface area contributed by atoms with E-state index in [0.29, 0.717) is 5.82 Å². The molecule has 1 aromatic heterocycles. The summed E-state index contributed by atoms with van der Waals surface area (Å²) in [4.78, 5) is 9.42. The molecule has 3 aromatic carbocycles. The van der Waals surface area contributed by atoms with Gasteiger partial charge in [-0.25, -0.2) is 9.67 Å². The minimum atomic E-state index is -0.704. The SMILES string of the molecule is NN=NOCc1ncn(C(c2ccccc2)(c2ccccc2)c2ccccc2)n1. The minimum absolute atomic E-state index is 0.0716. The van der Waals surface area contributed by atoms with E-state index < -0.39 is 5.54 Å². The van der Waals surface area contributed by atoms with Gasteiger partial charge in [-0.2, -0.15) is 5.10 Å². The first kappa shape index (κ1) is 18.4. The van der Waals surface area contributed by atoms with Crippen LogP contribution < -0.4 is 5.84 Å². The third kappa shape index (κ3) is 3.45. The van der Waals surface area contributed by atoms with Crippen molar-refractivity contribution in [1.82, 2.24) is 14.8 Å². The van der Waals surface area contributed by atoms with Crippen molar-refractivity contribution in [3.63, 3.8) is 0 Å². The van der Waals surface area contributed by atoms with Crippen molar-refractivity contribution in [2.24, 2.45) is 16.3 Å². The molecule has 0 unspecified atom stereocenters. The predicted molar refractivity (Wildman–Crippen MR) is 108 cm³/mol. The van der Waals surface area contributed by atoms with Crippen LogP contribution in [-0.2, 0) is 17.0 Å². The highest BCUT2D eigenvalue weighted by Gasteiger charge is 2.39. The van der Waals surface area contributed by atoms with Gasteiger partial charge in [-0.15, -0.1) is 0 Å². The highest BCUT2D eigenvalue weighted by Crippen LogP contribution is 2.39. The molecular formula is C22H20N6O. The molecule has 0 aliphatic heterocycles. The van der Waals surface area contributed by atoms with Gasteiger partial charge in [0.15, 0.2) is 12.4 Å². The summed E-state index contributed by atoms with van der Waals surface area (Å²) < 4.78 is 1.87. The Hall–Kier alpha value is -4.00. The minimum Gasteiger partial charge on any atom is -0.370 e. The summed E-state index contributed by atoms with van der Waals surface area (Å²) in [5, 5.41) is 11.1. The molecule has 2 N–H and O–H groups in total. The molecule has 7 heteroatoms. The quantitative estimate of drug-likeness (QED) is 0.227. The van der Waals surface area contributed by atoms with E-state index in [1.165, 1.54) is 0 Å². The first-order chi connectivity index (χ1) is 14.4. The van der Waals surface area contributed by atoms with E-state index >= 15 is 0 Å².